The summed E-state index contributed by atoms with van der Waals surface area (Å²) in [5.41, 5.74) is 1.31. The lowest BCUT2D eigenvalue weighted by Gasteiger charge is -2.12. The molecule has 1 saturated heterocycles. The van der Waals surface area contributed by atoms with Gasteiger partial charge in [0.2, 0.25) is 0 Å². The van der Waals surface area contributed by atoms with Crippen molar-refractivity contribution in [2.24, 2.45) is 0 Å². The molecule has 0 aromatic carbocycles. The van der Waals surface area contributed by atoms with Crippen molar-refractivity contribution >= 4 is 22.6 Å². The number of hydrogen-bond acceptors (Lipinski definition) is 2. The summed E-state index contributed by atoms with van der Waals surface area (Å²) in [6.45, 7) is 4.48. The summed E-state index contributed by atoms with van der Waals surface area (Å²) in [6.07, 6.45) is 3.18. The fourth-order valence-corrected chi connectivity index (χ4v) is 2.25. The van der Waals surface area contributed by atoms with Crippen LogP contribution in [0.3, 0.4) is 0 Å². The molecule has 13 heavy (non-hydrogen) atoms. The molecule has 1 aliphatic heterocycles. The number of rotatable bonds is 1. The Hall–Kier alpha value is -0.100. The van der Waals surface area contributed by atoms with Crippen LogP contribution in [0.5, 0.6) is 0 Å². The summed E-state index contributed by atoms with van der Waals surface area (Å²) in [4.78, 5) is 2.36. The molecule has 2 heterocycles. The fraction of sp³-hybridized carbons (Fsp3) is 0.667. The van der Waals surface area contributed by atoms with Gasteiger partial charge in [-0.2, -0.15) is 5.10 Å². The minimum absolute atomic E-state index is 0.591. The van der Waals surface area contributed by atoms with E-state index in [2.05, 4.69) is 51.2 Å². The number of likely N-dealkylation sites (tertiary alicyclic amines) is 1. The Kier molecular flexibility index (Phi) is 2.60. The van der Waals surface area contributed by atoms with Crippen molar-refractivity contribution in [2.45, 2.75) is 19.4 Å². The highest BCUT2D eigenvalue weighted by Crippen LogP contribution is 2.22. The molecule has 0 saturated carbocycles. The average Bonchev–Trinajstić information content (AvgIpc) is 2.62. The van der Waals surface area contributed by atoms with Crippen molar-refractivity contribution in [3.05, 3.63) is 15.5 Å². The second-order valence-electron chi connectivity index (χ2n) is 3.73. The first-order valence-electron chi connectivity index (χ1n) is 4.56. The van der Waals surface area contributed by atoms with Gasteiger partial charge >= 0.3 is 0 Å². The summed E-state index contributed by atoms with van der Waals surface area (Å²) in [5.74, 6) is 0. The van der Waals surface area contributed by atoms with E-state index in [1.165, 1.54) is 22.2 Å². The van der Waals surface area contributed by atoms with E-state index >= 15 is 0 Å². The first kappa shape index (κ1) is 9.45. The molecule has 1 fully saturated rings. The maximum atomic E-state index is 4.41. The Morgan fingerprint density at radius 3 is 2.85 bits per heavy atom. The minimum atomic E-state index is 0.591. The molecule has 72 valence electrons. The van der Waals surface area contributed by atoms with Crippen molar-refractivity contribution < 1.29 is 0 Å². The smallest absolute Gasteiger partial charge is 0.0661 e. The predicted octanol–water partition coefficient (Wildman–Crippen LogP) is 1.67. The van der Waals surface area contributed by atoms with Crippen LogP contribution in [0.15, 0.2) is 6.20 Å². The van der Waals surface area contributed by atoms with Gasteiger partial charge in [0, 0.05) is 12.2 Å². The zero-order chi connectivity index (χ0) is 9.42. The van der Waals surface area contributed by atoms with Crippen LogP contribution in [-0.2, 0) is 0 Å². The zero-order valence-electron chi connectivity index (χ0n) is 8.00. The number of nitrogens with zero attached hydrogens (tertiary/aromatic N) is 3. The van der Waals surface area contributed by atoms with Crippen LogP contribution in [0.25, 0.3) is 0 Å². The third-order valence-corrected chi connectivity index (χ3v) is 3.76. The average molecular weight is 291 g/mol. The first-order chi connectivity index (χ1) is 6.18. The van der Waals surface area contributed by atoms with Crippen molar-refractivity contribution in [3.63, 3.8) is 0 Å². The third-order valence-electron chi connectivity index (χ3n) is 2.70. The molecule has 0 N–H and O–H groups in total. The summed E-state index contributed by atoms with van der Waals surface area (Å²) in [6, 6.07) is 0.591. The number of hydrogen-bond donors (Lipinski definition) is 0. The maximum absolute atomic E-state index is 4.41. The molecule has 3 nitrogen and oxygen atoms in total. The Morgan fingerprint density at radius 2 is 2.38 bits per heavy atom. The van der Waals surface area contributed by atoms with Gasteiger partial charge in [-0.15, -0.1) is 0 Å². The van der Waals surface area contributed by atoms with E-state index in [1.807, 2.05) is 6.20 Å². The van der Waals surface area contributed by atoms with Crippen LogP contribution in [0.4, 0.5) is 0 Å². The second-order valence-corrected chi connectivity index (χ2v) is 4.89. The van der Waals surface area contributed by atoms with Gasteiger partial charge in [0.25, 0.3) is 0 Å². The lowest BCUT2D eigenvalue weighted by Crippen LogP contribution is -2.17. The molecule has 1 aromatic heterocycles. The molecule has 2 rings (SSSR count). The van der Waals surface area contributed by atoms with Crippen molar-refractivity contribution in [3.8, 4) is 0 Å². The molecule has 0 amide bonds. The number of halogens is 1. The molecule has 0 aliphatic carbocycles. The monoisotopic (exact) mass is 291 g/mol. The van der Waals surface area contributed by atoms with Gasteiger partial charge < -0.3 is 4.90 Å². The van der Waals surface area contributed by atoms with E-state index < -0.39 is 0 Å². The Morgan fingerprint density at radius 1 is 1.62 bits per heavy atom. The molecule has 1 atom stereocenters. The van der Waals surface area contributed by atoms with Crippen molar-refractivity contribution in [1.82, 2.24) is 14.7 Å². The van der Waals surface area contributed by atoms with Crippen LogP contribution >= 0.6 is 22.6 Å². The standard InChI is InChI=1S/C9H14IN3/c1-7-9(10)5-11-13(7)8-3-4-12(2)6-8/h5,8H,3-4,6H2,1-2H3. The van der Waals surface area contributed by atoms with Gasteiger partial charge in [-0.05, 0) is 49.5 Å². The highest BCUT2D eigenvalue weighted by atomic mass is 127. The molecule has 0 spiro atoms. The minimum Gasteiger partial charge on any atom is -0.304 e. The molecular formula is C9H14IN3. The van der Waals surface area contributed by atoms with E-state index in [4.69, 9.17) is 0 Å². The number of likely N-dealkylation sites (N-methyl/N-ethyl adjacent to an activating group) is 1. The van der Waals surface area contributed by atoms with Gasteiger partial charge in [-0.3, -0.25) is 4.68 Å². The normalized spacial score (nSPS) is 24.1. The van der Waals surface area contributed by atoms with E-state index in [9.17, 15) is 0 Å². The molecular weight excluding hydrogens is 277 g/mol. The van der Waals surface area contributed by atoms with Crippen LogP contribution in [0.1, 0.15) is 18.2 Å². The molecule has 4 heteroatoms. The summed E-state index contributed by atoms with van der Waals surface area (Å²) < 4.78 is 3.44. The van der Waals surface area contributed by atoms with Gasteiger partial charge in [-0.1, -0.05) is 0 Å². The van der Waals surface area contributed by atoms with E-state index in [1.54, 1.807) is 0 Å². The predicted molar refractivity (Wildman–Crippen MR) is 60.8 cm³/mol. The van der Waals surface area contributed by atoms with Gasteiger partial charge in [0.15, 0.2) is 0 Å². The molecule has 0 radical (unpaired) electrons. The Bertz CT molecular complexity index is 308. The maximum Gasteiger partial charge on any atom is 0.0661 e. The summed E-state index contributed by atoms with van der Waals surface area (Å²) >= 11 is 2.34. The topological polar surface area (TPSA) is 21.1 Å². The SMILES string of the molecule is Cc1c(I)cnn1C1CCN(C)C1. The van der Waals surface area contributed by atoms with Crippen LogP contribution in [-0.4, -0.2) is 34.8 Å². The largest absolute Gasteiger partial charge is 0.304 e. The van der Waals surface area contributed by atoms with Gasteiger partial charge in [-0.25, -0.2) is 0 Å². The highest BCUT2D eigenvalue weighted by Gasteiger charge is 2.23. The van der Waals surface area contributed by atoms with E-state index in [0.29, 0.717) is 6.04 Å². The van der Waals surface area contributed by atoms with Gasteiger partial charge in [0.1, 0.15) is 0 Å². The van der Waals surface area contributed by atoms with Crippen LogP contribution < -0.4 is 0 Å². The van der Waals surface area contributed by atoms with Crippen molar-refractivity contribution in [2.75, 3.05) is 20.1 Å². The fourth-order valence-electron chi connectivity index (χ4n) is 1.88. The quantitative estimate of drug-likeness (QED) is 0.734. The zero-order valence-corrected chi connectivity index (χ0v) is 10.2. The first-order valence-corrected chi connectivity index (χ1v) is 5.64. The summed E-state index contributed by atoms with van der Waals surface area (Å²) in [7, 11) is 2.17. The molecule has 1 aromatic rings. The molecule has 0 bridgehead atoms. The van der Waals surface area contributed by atoms with E-state index in [-0.39, 0.29) is 0 Å². The lowest BCUT2D eigenvalue weighted by atomic mass is 10.2. The Labute approximate surface area is 92.2 Å². The summed E-state index contributed by atoms with van der Waals surface area (Å²) in [5, 5.41) is 4.41. The molecule has 1 unspecified atom stereocenters. The third kappa shape index (κ3) is 1.74. The molecule has 1 aliphatic rings. The number of aromatic nitrogens is 2. The van der Waals surface area contributed by atoms with Crippen molar-refractivity contribution in [1.29, 1.82) is 0 Å². The van der Waals surface area contributed by atoms with Crippen LogP contribution in [0, 0.1) is 10.5 Å². The second kappa shape index (κ2) is 3.57. The van der Waals surface area contributed by atoms with Gasteiger partial charge in [0.05, 0.1) is 15.8 Å². The Balaban J connectivity index is 2.21. The highest BCUT2D eigenvalue weighted by molar-refractivity contribution is 14.1. The van der Waals surface area contributed by atoms with E-state index in [0.717, 1.165) is 6.54 Å². The van der Waals surface area contributed by atoms with Crippen LogP contribution in [0.2, 0.25) is 0 Å². The lowest BCUT2D eigenvalue weighted by molar-refractivity contribution is 0.379.